The quantitative estimate of drug-likeness (QED) is 0.616. The number of nitrogens with one attached hydrogen (secondary N) is 2. The third-order valence-corrected chi connectivity index (χ3v) is 5.11. The minimum absolute atomic E-state index is 0.116. The Bertz CT molecular complexity index is 803. The molecule has 2 amide bonds. The van der Waals surface area contributed by atoms with Crippen molar-refractivity contribution in [3.63, 3.8) is 0 Å². The van der Waals surface area contributed by atoms with E-state index in [0.717, 1.165) is 49.0 Å². The number of hydrogen-bond donors (Lipinski definition) is 2. The van der Waals surface area contributed by atoms with Crippen LogP contribution in [0.1, 0.15) is 18.1 Å². The van der Waals surface area contributed by atoms with Crippen LogP contribution in [0.25, 0.3) is 11.1 Å². The zero-order valence-electron chi connectivity index (χ0n) is 11.7. The van der Waals surface area contributed by atoms with Gasteiger partial charge in [-0.1, -0.05) is 6.07 Å². The highest BCUT2D eigenvalue weighted by atomic mass is 79.9. The molecule has 112 valence electrons. The van der Waals surface area contributed by atoms with Crippen LogP contribution in [0.15, 0.2) is 33.2 Å². The number of halogens is 2. The summed E-state index contributed by atoms with van der Waals surface area (Å²) in [7, 11) is 0. The highest BCUT2D eigenvalue weighted by Gasteiger charge is 2.24. The Morgan fingerprint density at radius 3 is 2.68 bits per heavy atom. The first-order chi connectivity index (χ1) is 10.5. The lowest BCUT2D eigenvalue weighted by Gasteiger charge is -2.12. The van der Waals surface area contributed by atoms with Crippen molar-refractivity contribution in [2.75, 3.05) is 10.6 Å². The van der Waals surface area contributed by atoms with Gasteiger partial charge < -0.3 is 10.6 Å². The Balaban J connectivity index is 2.10. The lowest BCUT2D eigenvalue weighted by Crippen LogP contribution is -2.08. The summed E-state index contributed by atoms with van der Waals surface area (Å²) < 4.78 is 1.71. The standard InChI is InChI=1S/C16H12Br2N2O2/c1-8(22)20-16-14(17)6-12-11-3-2-10(19-7-21)4-9(11)5-13(12)15(16)18/h2-4,6-7H,5H2,1H3,(H,19,21)(H,20,22). The molecule has 2 N–H and O–H groups in total. The van der Waals surface area contributed by atoms with E-state index in [1.807, 2.05) is 24.3 Å². The monoisotopic (exact) mass is 422 g/mol. The summed E-state index contributed by atoms with van der Waals surface area (Å²) >= 11 is 7.12. The Labute approximate surface area is 144 Å². The van der Waals surface area contributed by atoms with Gasteiger partial charge in [-0.2, -0.15) is 0 Å². The summed E-state index contributed by atoms with van der Waals surface area (Å²) in [4.78, 5) is 21.9. The number of benzene rings is 2. The van der Waals surface area contributed by atoms with Gasteiger partial charge in [0.15, 0.2) is 0 Å². The molecule has 0 radical (unpaired) electrons. The first kappa shape index (κ1) is 15.2. The molecular weight excluding hydrogens is 412 g/mol. The maximum atomic E-state index is 11.4. The molecule has 22 heavy (non-hydrogen) atoms. The summed E-state index contributed by atoms with van der Waals surface area (Å²) in [5.74, 6) is -0.116. The van der Waals surface area contributed by atoms with Gasteiger partial charge in [0.2, 0.25) is 12.3 Å². The van der Waals surface area contributed by atoms with Crippen molar-refractivity contribution in [1.29, 1.82) is 0 Å². The van der Waals surface area contributed by atoms with Crippen molar-refractivity contribution in [3.8, 4) is 11.1 Å². The van der Waals surface area contributed by atoms with Crippen molar-refractivity contribution >= 4 is 55.6 Å². The second kappa shape index (κ2) is 5.85. The van der Waals surface area contributed by atoms with E-state index in [4.69, 9.17) is 0 Å². The summed E-state index contributed by atoms with van der Waals surface area (Å²) in [5, 5.41) is 5.51. The summed E-state index contributed by atoms with van der Waals surface area (Å²) in [6.45, 7) is 1.48. The zero-order chi connectivity index (χ0) is 15.9. The van der Waals surface area contributed by atoms with Crippen LogP contribution in [0.5, 0.6) is 0 Å². The minimum Gasteiger partial charge on any atom is -0.329 e. The van der Waals surface area contributed by atoms with E-state index in [0.29, 0.717) is 6.41 Å². The smallest absolute Gasteiger partial charge is 0.221 e. The van der Waals surface area contributed by atoms with E-state index < -0.39 is 0 Å². The Kier molecular flexibility index (Phi) is 4.06. The van der Waals surface area contributed by atoms with Crippen LogP contribution in [-0.4, -0.2) is 12.3 Å². The second-order valence-electron chi connectivity index (χ2n) is 5.07. The molecule has 0 atom stereocenters. The number of carbonyl (C=O) groups is 2. The van der Waals surface area contributed by atoms with Crippen LogP contribution in [0.4, 0.5) is 11.4 Å². The molecule has 2 aromatic rings. The van der Waals surface area contributed by atoms with Gasteiger partial charge in [-0.25, -0.2) is 0 Å². The van der Waals surface area contributed by atoms with Gasteiger partial charge in [0.25, 0.3) is 0 Å². The summed E-state index contributed by atoms with van der Waals surface area (Å²) in [6.07, 6.45) is 1.42. The van der Waals surface area contributed by atoms with Crippen molar-refractivity contribution in [1.82, 2.24) is 0 Å². The van der Waals surface area contributed by atoms with Crippen LogP contribution in [-0.2, 0) is 16.0 Å². The first-order valence-electron chi connectivity index (χ1n) is 6.63. The van der Waals surface area contributed by atoms with Gasteiger partial charge in [0.05, 0.1) is 5.69 Å². The van der Waals surface area contributed by atoms with Crippen molar-refractivity contribution in [2.24, 2.45) is 0 Å². The molecule has 3 rings (SSSR count). The highest BCUT2D eigenvalue weighted by molar-refractivity contribution is 9.11. The fourth-order valence-corrected chi connectivity index (χ4v) is 4.17. The molecule has 0 bridgehead atoms. The maximum absolute atomic E-state index is 11.4. The average molecular weight is 424 g/mol. The molecule has 0 unspecified atom stereocenters. The van der Waals surface area contributed by atoms with Crippen molar-refractivity contribution < 1.29 is 9.59 Å². The SMILES string of the molecule is CC(=O)Nc1c(Br)cc2c(c1Br)Cc1cc(NC=O)ccc1-2. The molecule has 6 heteroatoms. The topological polar surface area (TPSA) is 58.2 Å². The highest BCUT2D eigenvalue weighted by Crippen LogP contribution is 2.46. The van der Waals surface area contributed by atoms with Gasteiger partial charge >= 0.3 is 0 Å². The number of carbonyl (C=O) groups excluding carboxylic acids is 2. The van der Waals surface area contributed by atoms with Crippen LogP contribution in [0, 0.1) is 0 Å². The van der Waals surface area contributed by atoms with Gasteiger partial charge in [-0.15, -0.1) is 0 Å². The Hall–Kier alpha value is -1.66. The van der Waals surface area contributed by atoms with Crippen LogP contribution >= 0.6 is 31.9 Å². The van der Waals surface area contributed by atoms with Crippen molar-refractivity contribution in [3.05, 3.63) is 44.3 Å². The van der Waals surface area contributed by atoms with Gasteiger partial charge in [-0.05, 0) is 78.7 Å². The van der Waals surface area contributed by atoms with Crippen LogP contribution in [0.3, 0.4) is 0 Å². The summed E-state index contributed by atoms with van der Waals surface area (Å²) in [6, 6.07) is 7.88. The molecule has 0 saturated carbocycles. The third-order valence-electron chi connectivity index (χ3n) is 3.61. The maximum Gasteiger partial charge on any atom is 0.221 e. The van der Waals surface area contributed by atoms with Crippen LogP contribution in [0.2, 0.25) is 0 Å². The molecule has 1 aliphatic carbocycles. The van der Waals surface area contributed by atoms with Gasteiger partial charge in [-0.3, -0.25) is 9.59 Å². The number of hydrogen-bond acceptors (Lipinski definition) is 2. The van der Waals surface area contributed by atoms with Gasteiger partial charge in [0, 0.05) is 21.6 Å². The molecule has 4 nitrogen and oxygen atoms in total. The molecule has 1 aliphatic rings. The Morgan fingerprint density at radius 2 is 2.00 bits per heavy atom. The molecule has 0 aliphatic heterocycles. The van der Waals surface area contributed by atoms with E-state index in [1.54, 1.807) is 0 Å². The zero-order valence-corrected chi connectivity index (χ0v) is 14.8. The number of fused-ring (bicyclic) bond motifs is 3. The summed E-state index contributed by atoms with van der Waals surface area (Å²) in [5.41, 5.74) is 6.06. The third kappa shape index (κ3) is 2.57. The van der Waals surface area contributed by atoms with E-state index >= 15 is 0 Å². The van der Waals surface area contributed by atoms with E-state index in [9.17, 15) is 9.59 Å². The number of amides is 2. The van der Waals surface area contributed by atoms with E-state index in [2.05, 4.69) is 42.5 Å². The number of rotatable bonds is 3. The minimum atomic E-state index is -0.116. The molecule has 0 heterocycles. The molecule has 0 aromatic heterocycles. The lowest BCUT2D eigenvalue weighted by atomic mass is 10.0. The molecular formula is C16H12Br2N2O2. The number of anilines is 2. The Morgan fingerprint density at radius 1 is 1.23 bits per heavy atom. The van der Waals surface area contributed by atoms with Crippen LogP contribution < -0.4 is 10.6 Å². The largest absolute Gasteiger partial charge is 0.329 e. The predicted molar refractivity (Wildman–Crippen MR) is 94.1 cm³/mol. The fraction of sp³-hybridized carbons (Fsp3) is 0.125. The molecule has 2 aromatic carbocycles. The molecule has 0 fully saturated rings. The van der Waals surface area contributed by atoms with E-state index in [1.165, 1.54) is 6.92 Å². The first-order valence-corrected chi connectivity index (χ1v) is 8.21. The second-order valence-corrected chi connectivity index (χ2v) is 6.71. The predicted octanol–water partition coefficient (Wildman–Crippen LogP) is 4.31. The fourth-order valence-electron chi connectivity index (χ4n) is 2.71. The average Bonchev–Trinajstić information content (AvgIpc) is 2.82. The molecule has 0 saturated heterocycles. The lowest BCUT2D eigenvalue weighted by molar-refractivity contribution is -0.114. The van der Waals surface area contributed by atoms with Gasteiger partial charge in [0.1, 0.15) is 0 Å². The van der Waals surface area contributed by atoms with Crippen molar-refractivity contribution in [2.45, 2.75) is 13.3 Å². The molecule has 0 spiro atoms. The normalized spacial score (nSPS) is 11.6. The van der Waals surface area contributed by atoms with E-state index in [-0.39, 0.29) is 5.91 Å².